The van der Waals surface area contributed by atoms with E-state index in [1.54, 1.807) is 0 Å². The van der Waals surface area contributed by atoms with Crippen molar-refractivity contribution < 1.29 is 8.42 Å². The summed E-state index contributed by atoms with van der Waals surface area (Å²) < 4.78 is 20.0. The number of thiol groups is 1. The van der Waals surface area contributed by atoms with Crippen LogP contribution in [0.25, 0.3) is 0 Å². The van der Waals surface area contributed by atoms with Gasteiger partial charge in [-0.25, -0.2) is 8.42 Å². The summed E-state index contributed by atoms with van der Waals surface area (Å²) in [5.41, 5.74) is 0. The van der Waals surface area contributed by atoms with Gasteiger partial charge >= 0.3 is 51.4 Å². The first-order chi connectivity index (χ1) is 2.94. The van der Waals surface area contributed by atoms with Gasteiger partial charge < -0.3 is 0 Å². The summed E-state index contributed by atoms with van der Waals surface area (Å²) in [6.07, 6.45) is 0. The fourth-order valence-electron chi connectivity index (χ4n) is 0. The minimum absolute atomic E-state index is 0. The van der Waals surface area contributed by atoms with Gasteiger partial charge in [-0.15, -0.1) is 0 Å². The zero-order valence-electron chi connectivity index (χ0n) is 3.58. The second kappa shape index (κ2) is 4.78. The van der Waals surface area contributed by atoms with Gasteiger partial charge in [-0.2, -0.15) is 0 Å². The van der Waals surface area contributed by atoms with Crippen LogP contribution in [0.15, 0.2) is 0 Å². The predicted molar refractivity (Wildman–Crippen MR) is 43.3 cm³/mol. The second-order valence-corrected chi connectivity index (χ2v) is 4.84. The first-order valence-corrected chi connectivity index (χ1v) is 4.37. The molecule has 0 atom stereocenters. The average molecular weight is 196 g/mol. The SMILES string of the molecule is CC(=S)S(=O)(=O)S.[KH]. The molecule has 0 spiro atoms. The van der Waals surface area contributed by atoms with Gasteiger partial charge in [0.1, 0.15) is 4.20 Å². The molecule has 0 aliphatic heterocycles. The normalized spacial score (nSPS) is 9.75. The van der Waals surface area contributed by atoms with Gasteiger partial charge in [-0.1, -0.05) is 12.2 Å². The Morgan fingerprint density at radius 1 is 1.62 bits per heavy atom. The molecular weight excluding hydrogens is 191 g/mol. The molecule has 0 aromatic carbocycles. The van der Waals surface area contributed by atoms with Crippen molar-refractivity contribution in [3.63, 3.8) is 0 Å². The Morgan fingerprint density at radius 2 is 1.75 bits per heavy atom. The van der Waals surface area contributed by atoms with Crippen LogP contribution in [0.4, 0.5) is 0 Å². The van der Waals surface area contributed by atoms with Gasteiger partial charge in [0, 0.05) is 0 Å². The molecule has 0 radical (unpaired) electrons. The van der Waals surface area contributed by atoms with E-state index in [0.29, 0.717) is 0 Å². The van der Waals surface area contributed by atoms with Crippen molar-refractivity contribution in [2.75, 3.05) is 0 Å². The van der Waals surface area contributed by atoms with Crippen molar-refractivity contribution in [1.82, 2.24) is 0 Å². The third-order valence-electron chi connectivity index (χ3n) is 0.363. The van der Waals surface area contributed by atoms with Crippen LogP contribution < -0.4 is 0 Å². The van der Waals surface area contributed by atoms with E-state index in [0.717, 1.165) is 0 Å². The van der Waals surface area contributed by atoms with Crippen LogP contribution in [0.3, 0.4) is 0 Å². The monoisotopic (exact) mass is 196 g/mol. The maximum atomic E-state index is 10.1. The van der Waals surface area contributed by atoms with Gasteiger partial charge in [0.15, 0.2) is 0 Å². The van der Waals surface area contributed by atoms with E-state index in [4.69, 9.17) is 0 Å². The van der Waals surface area contributed by atoms with E-state index in [1.165, 1.54) is 6.92 Å². The summed E-state index contributed by atoms with van der Waals surface area (Å²) in [5.74, 6) is 0. The molecule has 0 N–H and O–H groups in total. The fourth-order valence-corrected chi connectivity index (χ4v) is 0. The van der Waals surface area contributed by atoms with Crippen molar-refractivity contribution in [2.45, 2.75) is 6.92 Å². The number of rotatable bonds is 0. The Balaban J connectivity index is 0. The molecule has 0 saturated heterocycles. The molecule has 6 heteroatoms. The molecule has 0 fully saturated rings. The van der Waals surface area contributed by atoms with Crippen molar-refractivity contribution in [3.05, 3.63) is 0 Å². The molecule has 0 unspecified atom stereocenters. The first-order valence-electron chi connectivity index (χ1n) is 1.42. The van der Waals surface area contributed by atoms with E-state index in [9.17, 15) is 8.42 Å². The Bertz CT molecular complexity index is 170. The van der Waals surface area contributed by atoms with Crippen LogP contribution in [0.1, 0.15) is 6.92 Å². The van der Waals surface area contributed by atoms with Gasteiger partial charge in [-0.05, 0) is 18.6 Å². The van der Waals surface area contributed by atoms with Crippen molar-refractivity contribution in [2.24, 2.45) is 0 Å². The molecule has 0 aliphatic carbocycles. The fraction of sp³-hybridized carbons (Fsp3) is 0.500. The predicted octanol–water partition coefficient (Wildman–Crippen LogP) is -0.0552. The summed E-state index contributed by atoms with van der Waals surface area (Å²) in [7, 11) is -3.31. The summed E-state index contributed by atoms with van der Waals surface area (Å²) in [5, 5.41) is 0. The first kappa shape index (κ1) is 12.7. The summed E-state index contributed by atoms with van der Waals surface area (Å²) >= 11 is 7.45. The Kier molecular flexibility index (Phi) is 7.58. The van der Waals surface area contributed by atoms with Gasteiger partial charge in [0.2, 0.25) is 8.87 Å². The Morgan fingerprint density at radius 3 is 1.75 bits per heavy atom. The summed E-state index contributed by atoms with van der Waals surface area (Å²) in [6, 6.07) is 0. The molecule has 0 aliphatic rings. The van der Waals surface area contributed by atoms with Crippen molar-refractivity contribution in [3.8, 4) is 0 Å². The van der Waals surface area contributed by atoms with Gasteiger partial charge in [0.05, 0.1) is 0 Å². The van der Waals surface area contributed by atoms with E-state index in [2.05, 4.69) is 23.9 Å². The van der Waals surface area contributed by atoms with E-state index >= 15 is 0 Å². The molecular formula is C2H5KO2S3. The van der Waals surface area contributed by atoms with E-state index in [1.807, 2.05) is 0 Å². The molecule has 0 saturated carbocycles. The van der Waals surface area contributed by atoms with Crippen molar-refractivity contribution in [1.29, 1.82) is 0 Å². The molecule has 0 amide bonds. The Labute approximate surface area is 102 Å². The Hall–Kier alpha value is 2.03. The van der Waals surface area contributed by atoms with Crippen LogP contribution in [0.2, 0.25) is 0 Å². The molecule has 8 heavy (non-hydrogen) atoms. The summed E-state index contributed by atoms with van der Waals surface area (Å²) in [4.78, 5) is 0. The zero-order valence-corrected chi connectivity index (χ0v) is 6.11. The molecule has 44 valence electrons. The average Bonchev–Trinajstić information content (AvgIpc) is 1.31. The van der Waals surface area contributed by atoms with Gasteiger partial charge in [-0.3, -0.25) is 0 Å². The van der Waals surface area contributed by atoms with E-state index in [-0.39, 0.29) is 55.6 Å². The molecule has 0 rings (SSSR count). The molecule has 0 aromatic rings. The third-order valence-corrected chi connectivity index (χ3v) is 2.94. The van der Waals surface area contributed by atoms with Gasteiger partial charge in [0.25, 0.3) is 0 Å². The molecule has 2 nitrogen and oxygen atoms in total. The molecule has 0 aromatic heterocycles. The topological polar surface area (TPSA) is 34.1 Å². The standard InChI is InChI=1S/C2H4O2S3.K.H/c1-2(5)7(3,4)6;;/h1H3,(H,3,4,6);;. The number of thiocarbonyl (C=S) groups is 1. The van der Waals surface area contributed by atoms with Crippen molar-refractivity contribution >= 4 is 88.3 Å². The van der Waals surface area contributed by atoms with Crippen LogP contribution in [0.5, 0.6) is 0 Å². The minimum atomic E-state index is -3.31. The number of hydrogen-bond acceptors (Lipinski definition) is 3. The quantitative estimate of drug-likeness (QED) is 0.255. The number of hydrogen-bond donors (Lipinski definition) is 1. The molecule has 0 heterocycles. The van der Waals surface area contributed by atoms with Crippen LogP contribution >= 0.6 is 23.9 Å². The van der Waals surface area contributed by atoms with Crippen LogP contribution in [0, 0.1) is 0 Å². The maximum absolute atomic E-state index is 10.1. The second-order valence-electron chi connectivity index (χ2n) is 0.967. The van der Waals surface area contributed by atoms with Crippen LogP contribution in [-0.4, -0.2) is 64.0 Å². The van der Waals surface area contributed by atoms with E-state index < -0.39 is 8.87 Å². The zero-order chi connectivity index (χ0) is 6.08. The molecule has 0 bridgehead atoms. The summed E-state index contributed by atoms with van der Waals surface area (Å²) in [6.45, 7) is 1.32. The third kappa shape index (κ3) is 6.15. The van der Waals surface area contributed by atoms with Crippen LogP contribution in [-0.2, 0) is 8.87 Å².